The maximum atomic E-state index is 5.95. The fourth-order valence-corrected chi connectivity index (χ4v) is 2.61. The van der Waals surface area contributed by atoms with Crippen molar-refractivity contribution >= 4 is 33.3 Å². The molecular weight excluding hydrogens is 374 g/mol. The van der Waals surface area contributed by atoms with Crippen molar-refractivity contribution in [3.8, 4) is 5.75 Å². The molecule has 4 nitrogen and oxygen atoms in total. The minimum absolute atomic E-state index is 0.540. The summed E-state index contributed by atoms with van der Waals surface area (Å²) in [6.07, 6.45) is 0. The number of hydrogen-bond donors (Lipinski definition) is 3. The van der Waals surface area contributed by atoms with Crippen molar-refractivity contribution in [1.82, 2.24) is 16.2 Å². The van der Waals surface area contributed by atoms with Crippen molar-refractivity contribution in [2.45, 2.75) is 20.1 Å². The predicted octanol–water partition coefficient (Wildman–Crippen LogP) is 3.52. The zero-order valence-electron chi connectivity index (χ0n) is 12.9. The molecule has 2 aromatic rings. The van der Waals surface area contributed by atoms with Gasteiger partial charge in [0, 0.05) is 23.1 Å². The quantitative estimate of drug-likeness (QED) is 0.496. The van der Waals surface area contributed by atoms with Crippen LogP contribution >= 0.6 is 28.1 Å². The van der Waals surface area contributed by atoms with E-state index in [1.807, 2.05) is 55.5 Å². The van der Waals surface area contributed by atoms with Crippen LogP contribution in [0, 0.1) is 0 Å². The fraction of sp³-hybridized carbons (Fsp3) is 0.235. The van der Waals surface area contributed by atoms with Gasteiger partial charge in [0.2, 0.25) is 0 Å². The van der Waals surface area contributed by atoms with Gasteiger partial charge in [-0.05, 0) is 42.9 Å². The molecule has 0 unspecified atom stereocenters. The van der Waals surface area contributed by atoms with Crippen LogP contribution in [0.15, 0.2) is 53.0 Å². The Labute approximate surface area is 150 Å². The Morgan fingerprint density at radius 1 is 1.17 bits per heavy atom. The molecule has 23 heavy (non-hydrogen) atoms. The van der Waals surface area contributed by atoms with Crippen molar-refractivity contribution in [2.75, 3.05) is 6.54 Å². The molecule has 0 saturated carbocycles. The second kappa shape index (κ2) is 9.50. The van der Waals surface area contributed by atoms with E-state index in [1.54, 1.807) is 0 Å². The van der Waals surface area contributed by atoms with Gasteiger partial charge in [-0.15, -0.1) is 0 Å². The first kappa shape index (κ1) is 17.7. The molecule has 2 rings (SSSR count). The van der Waals surface area contributed by atoms with Gasteiger partial charge in [0.05, 0.1) is 0 Å². The lowest BCUT2D eigenvalue weighted by atomic mass is 10.2. The van der Waals surface area contributed by atoms with Crippen LogP contribution in [0.3, 0.4) is 0 Å². The Balaban J connectivity index is 1.95. The molecule has 0 heterocycles. The smallest absolute Gasteiger partial charge is 0.180 e. The molecule has 2 aromatic carbocycles. The van der Waals surface area contributed by atoms with Gasteiger partial charge in [0.15, 0.2) is 5.11 Å². The predicted molar refractivity (Wildman–Crippen MR) is 101 cm³/mol. The minimum Gasteiger partial charge on any atom is -0.489 e. The van der Waals surface area contributed by atoms with E-state index in [2.05, 4.69) is 32.1 Å². The highest BCUT2D eigenvalue weighted by Gasteiger charge is 2.05. The van der Waals surface area contributed by atoms with Crippen molar-refractivity contribution in [3.63, 3.8) is 0 Å². The molecule has 0 aromatic heterocycles. The number of rotatable bonds is 7. The molecule has 0 aliphatic rings. The second-order valence-electron chi connectivity index (χ2n) is 4.86. The largest absolute Gasteiger partial charge is 0.489 e. The van der Waals surface area contributed by atoms with E-state index in [4.69, 9.17) is 17.0 Å². The molecule has 0 fully saturated rings. The van der Waals surface area contributed by atoms with Gasteiger partial charge in [-0.25, -0.2) is 5.43 Å². The van der Waals surface area contributed by atoms with E-state index in [1.165, 1.54) is 0 Å². The summed E-state index contributed by atoms with van der Waals surface area (Å²) in [5, 5.41) is 3.60. The highest BCUT2D eigenvalue weighted by Crippen LogP contribution is 2.24. The maximum absolute atomic E-state index is 5.95. The Morgan fingerprint density at radius 3 is 2.70 bits per heavy atom. The SMILES string of the molecule is CCNC(=S)NNCc1cc(Br)ccc1OCc1ccccc1. The van der Waals surface area contributed by atoms with Gasteiger partial charge in [0.1, 0.15) is 12.4 Å². The Hall–Kier alpha value is -1.63. The van der Waals surface area contributed by atoms with Crippen LogP contribution in [0.1, 0.15) is 18.1 Å². The third kappa shape index (κ3) is 6.17. The molecule has 0 radical (unpaired) electrons. The van der Waals surface area contributed by atoms with Crippen LogP contribution in [0.2, 0.25) is 0 Å². The number of thiocarbonyl (C=S) groups is 1. The summed E-state index contributed by atoms with van der Waals surface area (Å²) in [5.41, 5.74) is 8.23. The first-order valence-electron chi connectivity index (χ1n) is 7.41. The zero-order chi connectivity index (χ0) is 16.5. The van der Waals surface area contributed by atoms with E-state index in [-0.39, 0.29) is 0 Å². The van der Waals surface area contributed by atoms with E-state index in [0.29, 0.717) is 18.3 Å². The van der Waals surface area contributed by atoms with E-state index in [0.717, 1.165) is 27.9 Å². The molecule has 0 aliphatic heterocycles. The van der Waals surface area contributed by atoms with E-state index in [9.17, 15) is 0 Å². The van der Waals surface area contributed by atoms with Crippen LogP contribution in [-0.4, -0.2) is 11.7 Å². The third-order valence-corrected chi connectivity index (χ3v) is 3.82. The summed E-state index contributed by atoms with van der Waals surface area (Å²) >= 11 is 8.61. The lowest BCUT2D eigenvalue weighted by molar-refractivity contribution is 0.302. The Bertz CT molecular complexity index is 637. The van der Waals surface area contributed by atoms with Crippen LogP contribution in [0.4, 0.5) is 0 Å². The summed E-state index contributed by atoms with van der Waals surface area (Å²) in [4.78, 5) is 0. The van der Waals surface area contributed by atoms with Crippen molar-refractivity contribution in [1.29, 1.82) is 0 Å². The first-order valence-corrected chi connectivity index (χ1v) is 8.61. The van der Waals surface area contributed by atoms with E-state index < -0.39 is 0 Å². The third-order valence-electron chi connectivity index (χ3n) is 3.08. The molecule has 0 bridgehead atoms. The standard InChI is InChI=1S/C17H20BrN3OS/c1-2-19-17(23)21-20-11-14-10-15(18)8-9-16(14)22-12-13-6-4-3-5-7-13/h3-10,20H,2,11-12H2,1H3,(H2,19,21,23). The minimum atomic E-state index is 0.540. The Morgan fingerprint density at radius 2 is 1.96 bits per heavy atom. The van der Waals surface area contributed by atoms with Crippen LogP contribution < -0.4 is 20.9 Å². The lowest BCUT2D eigenvalue weighted by Gasteiger charge is -2.14. The number of hydrazine groups is 1. The van der Waals surface area contributed by atoms with Crippen LogP contribution in [0.25, 0.3) is 0 Å². The molecule has 0 atom stereocenters. The normalized spacial score (nSPS) is 10.2. The molecule has 0 amide bonds. The Kier molecular flexibility index (Phi) is 7.32. The number of halogens is 1. The van der Waals surface area contributed by atoms with Gasteiger partial charge < -0.3 is 10.1 Å². The molecule has 3 N–H and O–H groups in total. The second-order valence-corrected chi connectivity index (χ2v) is 6.19. The summed E-state index contributed by atoms with van der Waals surface area (Å²) in [6.45, 7) is 3.92. The van der Waals surface area contributed by atoms with Gasteiger partial charge in [0.25, 0.3) is 0 Å². The average molecular weight is 394 g/mol. The molecule has 0 aliphatic carbocycles. The summed E-state index contributed by atoms with van der Waals surface area (Å²) < 4.78 is 6.96. The highest BCUT2D eigenvalue weighted by atomic mass is 79.9. The molecular formula is C17H20BrN3OS. The van der Waals surface area contributed by atoms with Gasteiger partial charge >= 0.3 is 0 Å². The van der Waals surface area contributed by atoms with Crippen LogP contribution in [-0.2, 0) is 13.2 Å². The monoisotopic (exact) mass is 393 g/mol. The van der Waals surface area contributed by atoms with Crippen molar-refractivity contribution in [3.05, 3.63) is 64.1 Å². The number of benzene rings is 2. The number of hydrogen-bond acceptors (Lipinski definition) is 3. The van der Waals surface area contributed by atoms with Crippen LogP contribution in [0.5, 0.6) is 5.75 Å². The van der Waals surface area contributed by atoms with E-state index >= 15 is 0 Å². The lowest BCUT2D eigenvalue weighted by Crippen LogP contribution is -2.43. The number of nitrogens with one attached hydrogen (secondary N) is 3. The molecule has 0 spiro atoms. The topological polar surface area (TPSA) is 45.3 Å². The molecule has 122 valence electrons. The zero-order valence-corrected chi connectivity index (χ0v) is 15.3. The van der Waals surface area contributed by atoms with Crippen molar-refractivity contribution < 1.29 is 4.74 Å². The first-order chi connectivity index (χ1) is 11.2. The average Bonchev–Trinajstić information content (AvgIpc) is 2.55. The van der Waals surface area contributed by atoms with Gasteiger partial charge in [-0.2, -0.15) is 0 Å². The van der Waals surface area contributed by atoms with Gasteiger partial charge in [-0.3, -0.25) is 5.43 Å². The molecule has 6 heteroatoms. The summed E-state index contributed by atoms with van der Waals surface area (Å²) in [5.74, 6) is 0.848. The van der Waals surface area contributed by atoms with Gasteiger partial charge in [-0.1, -0.05) is 46.3 Å². The summed E-state index contributed by atoms with van der Waals surface area (Å²) in [6, 6.07) is 16.1. The summed E-state index contributed by atoms with van der Waals surface area (Å²) in [7, 11) is 0. The van der Waals surface area contributed by atoms with Crippen molar-refractivity contribution in [2.24, 2.45) is 0 Å². The molecule has 0 saturated heterocycles. The number of ether oxygens (including phenoxy) is 1. The highest BCUT2D eigenvalue weighted by molar-refractivity contribution is 9.10. The maximum Gasteiger partial charge on any atom is 0.180 e. The fourth-order valence-electron chi connectivity index (χ4n) is 1.99.